The number of allylic oxidation sites excluding steroid dienone is 4. The molecule has 0 amide bonds. The maximum Gasteiger partial charge on any atom is 0.197 e. The number of fused-ring (bicyclic) bond motifs is 1. The van der Waals surface area contributed by atoms with Crippen LogP contribution in [0.1, 0.15) is 38.8 Å². The number of hydrogen-bond donors (Lipinski definition) is 4. The first kappa shape index (κ1) is 22.0. The fourth-order valence-electron chi connectivity index (χ4n) is 3.29. The molecule has 0 spiro atoms. The average Bonchev–Trinajstić information content (AvgIpc) is 2.66. The molecule has 0 atom stereocenters. The molecular formula is C25H26O6. The Bertz CT molecular complexity index is 1270. The first-order valence-corrected chi connectivity index (χ1v) is 9.92. The Kier molecular flexibility index (Phi) is 6.11. The molecule has 0 saturated heterocycles. The van der Waals surface area contributed by atoms with Gasteiger partial charge in [-0.25, -0.2) is 0 Å². The molecule has 0 bridgehead atoms. The Balaban J connectivity index is 2.28. The van der Waals surface area contributed by atoms with E-state index in [0.29, 0.717) is 24.0 Å². The minimum absolute atomic E-state index is 0.0401. The molecular weight excluding hydrogens is 396 g/mol. The molecule has 0 aliphatic rings. The summed E-state index contributed by atoms with van der Waals surface area (Å²) in [4.78, 5) is 12.8. The van der Waals surface area contributed by atoms with E-state index in [9.17, 15) is 25.2 Å². The third-order valence-electron chi connectivity index (χ3n) is 4.97. The Labute approximate surface area is 180 Å². The van der Waals surface area contributed by atoms with E-state index in [-0.39, 0.29) is 45.3 Å². The average molecular weight is 422 g/mol. The lowest BCUT2D eigenvalue weighted by molar-refractivity contribution is 0.446. The molecule has 2 aromatic carbocycles. The predicted molar refractivity (Wildman–Crippen MR) is 121 cm³/mol. The molecule has 3 aromatic rings. The quantitative estimate of drug-likeness (QED) is 0.415. The highest BCUT2D eigenvalue weighted by Crippen LogP contribution is 2.39. The van der Waals surface area contributed by atoms with Crippen molar-refractivity contribution in [2.45, 2.75) is 40.5 Å². The van der Waals surface area contributed by atoms with Crippen molar-refractivity contribution in [2.75, 3.05) is 0 Å². The Morgan fingerprint density at radius 2 is 1.42 bits per heavy atom. The van der Waals surface area contributed by atoms with Gasteiger partial charge in [0, 0.05) is 23.8 Å². The highest BCUT2D eigenvalue weighted by molar-refractivity contribution is 5.89. The van der Waals surface area contributed by atoms with Crippen LogP contribution in [-0.4, -0.2) is 20.4 Å². The van der Waals surface area contributed by atoms with Crippen molar-refractivity contribution in [3.05, 3.63) is 68.9 Å². The summed E-state index contributed by atoms with van der Waals surface area (Å²) < 4.78 is 5.95. The van der Waals surface area contributed by atoms with Crippen LogP contribution in [0, 0.1) is 0 Å². The zero-order valence-electron chi connectivity index (χ0n) is 18.0. The fourth-order valence-corrected chi connectivity index (χ4v) is 3.29. The summed E-state index contributed by atoms with van der Waals surface area (Å²) in [6.45, 7) is 7.69. The van der Waals surface area contributed by atoms with Crippen LogP contribution in [0.3, 0.4) is 0 Å². The maximum absolute atomic E-state index is 12.8. The van der Waals surface area contributed by atoms with Gasteiger partial charge in [0.15, 0.2) is 5.43 Å². The van der Waals surface area contributed by atoms with E-state index in [0.717, 1.165) is 17.2 Å². The molecule has 1 aromatic heterocycles. The van der Waals surface area contributed by atoms with Crippen LogP contribution >= 0.6 is 0 Å². The van der Waals surface area contributed by atoms with E-state index in [1.54, 1.807) is 6.07 Å². The molecule has 6 nitrogen and oxygen atoms in total. The second-order valence-electron chi connectivity index (χ2n) is 8.04. The van der Waals surface area contributed by atoms with Gasteiger partial charge < -0.3 is 24.8 Å². The van der Waals surface area contributed by atoms with E-state index < -0.39 is 5.43 Å². The molecule has 0 radical (unpaired) electrons. The zero-order chi connectivity index (χ0) is 22.9. The van der Waals surface area contributed by atoms with Crippen molar-refractivity contribution in [3.63, 3.8) is 0 Å². The van der Waals surface area contributed by atoms with E-state index in [1.165, 1.54) is 12.1 Å². The summed E-state index contributed by atoms with van der Waals surface area (Å²) in [5.74, 6) is -0.829. The monoisotopic (exact) mass is 422 g/mol. The lowest BCUT2D eigenvalue weighted by Crippen LogP contribution is -2.03. The van der Waals surface area contributed by atoms with Gasteiger partial charge in [-0.05, 0) is 52.2 Å². The molecule has 4 N–H and O–H groups in total. The van der Waals surface area contributed by atoms with Crippen molar-refractivity contribution in [1.29, 1.82) is 0 Å². The molecule has 31 heavy (non-hydrogen) atoms. The summed E-state index contributed by atoms with van der Waals surface area (Å²) in [5.41, 5.74) is 2.77. The van der Waals surface area contributed by atoms with Gasteiger partial charge in [0.05, 0.1) is 5.56 Å². The van der Waals surface area contributed by atoms with Crippen molar-refractivity contribution < 1.29 is 24.8 Å². The normalized spacial score (nSPS) is 10.8. The number of aromatic hydroxyl groups is 4. The molecule has 3 rings (SSSR count). The maximum atomic E-state index is 12.8. The molecule has 162 valence electrons. The van der Waals surface area contributed by atoms with Gasteiger partial charge in [0.25, 0.3) is 0 Å². The van der Waals surface area contributed by atoms with Crippen LogP contribution in [0.25, 0.3) is 22.3 Å². The third-order valence-corrected chi connectivity index (χ3v) is 4.97. The van der Waals surface area contributed by atoms with Crippen LogP contribution in [-0.2, 0) is 12.8 Å². The number of hydrogen-bond acceptors (Lipinski definition) is 6. The van der Waals surface area contributed by atoms with Crippen LogP contribution < -0.4 is 5.43 Å². The van der Waals surface area contributed by atoms with Gasteiger partial charge in [0.2, 0.25) is 0 Å². The molecule has 0 unspecified atom stereocenters. The SMILES string of the molecule is CC(C)=CCc1cc(-c2cc(=O)c3c(O)cc(O)c(CC=C(C)C)c3o2)c(O)cc1O. The molecule has 1 heterocycles. The predicted octanol–water partition coefficient (Wildman–Crippen LogP) is 5.30. The zero-order valence-corrected chi connectivity index (χ0v) is 18.0. The van der Waals surface area contributed by atoms with Crippen LogP contribution in [0.4, 0.5) is 0 Å². The molecule has 0 saturated carbocycles. The number of phenolic OH excluding ortho intramolecular Hbond substituents is 4. The third kappa shape index (κ3) is 4.58. The van der Waals surface area contributed by atoms with E-state index in [1.807, 2.05) is 39.8 Å². The first-order chi connectivity index (χ1) is 14.6. The smallest absolute Gasteiger partial charge is 0.197 e. The van der Waals surface area contributed by atoms with Gasteiger partial charge in [0.1, 0.15) is 39.7 Å². The van der Waals surface area contributed by atoms with Crippen molar-refractivity contribution in [3.8, 4) is 34.3 Å². The molecule has 0 aliphatic carbocycles. The van der Waals surface area contributed by atoms with E-state index in [4.69, 9.17) is 4.42 Å². The van der Waals surface area contributed by atoms with Gasteiger partial charge in [-0.15, -0.1) is 0 Å². The summed E-state index contributed by atoms with van der Waals surface area (Å²) >= 11 is 0. The molecule has 0 aliphatic heterocycles. The minimum atomic E-state index is -0.509. The van der Waals surface area contributed by atoms with Crippen LogP contribution in [0.2, 0.25) is 0 Å². The Hall–Kier alpha value is -3.67. The van der Waals surface area contributed by atoms with Crippen LogP contribution in [0.5, 0.6) is 23.0 Å². The van der Waals surface area contributed by atoms with Crippen molar-refractivity contribution in [1.82, 2.24) is 0 Å². The van der Waals surface area contributed by atoms with Gasteiger partial charge in [-0.1, -0.05) is 23.3 Å². The van der Waals surface area contributed by atoms with Gasteiger partial charge in [-0.2, -0.15) is 0 Å². The second-order valence-corrected chi connectivity index (χ2v) is 8.04. The summed E-state index contributed by atoms with van der Waals surface area (Å²) in [7, 11) is 0. The largest absolute Gasteiger partial charge is 0.508 e. The fraction of sp³-hybridized carbons (Fsp3) is 0.240. The Morgan fingerprint density at radius 1 is 0.806 bits per heavy atom. The van der Waals surface area contributed by atoms with Crippen LogP contribution in [0.15, 0.2) is 56.8 Å². The lowest BCUT2D eigenvalue weighted by atomic mass is 10.0. The second kappa shape index (κ2) is 8.60. The van der Waals surface area contributed by atoms with Gasteiger partial charge in [-0.3, -0.25) is 4.79 Å². The molecule has 0 fully saturated rings. The van der Waals surface area contributed by atoms with E-state index >= 15 is 0 Å². The summed E-state index contributed by atoms with van der Waals surface area (Å²) in [6.07, 6.45) is 4.53. The number of rotatable bonds is 5. The van der Waals surface area contributed by atoms with Crippen molar-refractivity contribution in [2.24, 2.45) is 0 Å². The van der Waals surface area contributed by atoms with Crippen molar-refractivity contribution >= 4 is 11.0 Å². The minimum Gasteiger partial charge on any atom is -0.508 e. The standard InChI is InChI=1S/C25H26O6/c1-13(2)5-7-15-9-17(20(28)10-18(15)26)23-12-22(30)24-21(29)11-19(27)16(25(24)31-23)8-6-14(3)4/h5-6,9-12,26-29H,7-8H2,1-4H3. The lowest BCUT2D eigenvalue weighted by Gasteiger charge is -2.12. The Morgan fingerprint density at radius 3 is 2.06 bits per heavy atom. The highest BCUT2D eigenvalue weighted by Gasteiger charge is 2.20. The molecule has 6 heteroatoms. The topological polar surface area (TPSA) is 111 Å². The van der Waals surface area contributed by atoms with E-state index in [2.05, 4.69) is 0 Å². The van der Waals surface area contributed by atoms with Gasteiger partial charge >= 0.3 is 0 Å². The number of benzene rings is 2. The first-order valence-electron chi connectivity index (χ1n) is 9.92. The summed E-state index contributed by atoms with van der Waals surface area (Å²) in [5, 5.41) is 41.2. The summed E-state index contributed by atoms with van der Waals surface area (Å²) in [6, 6.07) is 5.08. The highest BCUT2D eigenvalue weighted by atomic mass is 16.3. The number of phenols is 4.